The van der Waals surface area contributed by atoms with Gasteiger partial charge in [0.1, 0.15) is 5.76 Å². The zero-order valence-corrected chi connectivity index (χ0v) is 10.3. The number of hydrogen-bond donors (Lipinski definition) is 1. The van der Waals surface area contributed by atoms with Crippen LogP contribution in [0.3, 0.4) is 0 Å². The molecule has 0 aliphatic heterocycles. The fourth-order valence-electron chi connectivity index (χ4n) is 1.58. The molecule has 7 heteroatoms. The molecule has 0 amide bonds. The zero-order chi connectivity index (χ0) is 13.7. The van der Waals surface area contributed by atoms with Gasteiger partial charge in [0, 0.05) is 25.1 Å². The first kappa shape index (κ1) is 12.9. The Labute approximate surface area is 109 Å². The number of methoxy groups -OCH3 is 1. The summed E-state index contributed by atoms with van der Waals surface area (Å²) < 4.78 is 10.1. The minimum absolute atomic E-state index is 0.0831. The van der Waals surface area contributed by atoms with Gasteiger partial charge in [-0.2, -0.15) is 4.98 Å². The van der Waals surface area contributed by atoms with Gasteiger partial charge in [0.15, 0.2) is 0 Å². The predicted octanol–water partition coefficient (Wildman–Crippen LogP) is 2.25. The number of ether oxygens (including phenoxy) is 1. The summed E-state index contributed by atoms with van der Waals surface area (Å²) in [6.07, 6.45) is 2.20. The maximum atomic E-state index is 10.9. The third-order valence-corrected chi connectivity index (χ3v) is 2.50. The van der Waals surface area contributed by atoms with Crippen LogP contribution in [0, 0.1) is 10.1 Å². The standard InChI is InChI=1S/C12H13N3O4/c1-18-11-5-4-10(15(16)17)12(14-11)13-7-6-9-3-2-8-19-9/h2-5,8H,6-7H2,1H3,(H,13,14). The SMILES string of the molecule is COc1ccc([N+](=O)[O-])c(NCCc2ccco2)n1. The average Bonchev–Trinajstić information content (AvgIpc) is 2.91. The molecule has 0 aromatic carbocycles. The second kappa shape index (κ2) is 5.85. The molecule has 0 radical (unpaired) electrons. The number of nitrogens with one attached hydrogen (secondary N) is 1. The van der Waals surface area contributed by atoms with Crippen molar-refractivity contribution >= 4 is 11.5 Å². The van der Waals surface area contributed by atoms with Crippen molar-refractivity contribution in [2.75, 3.05) is 19.0 Å². The van der Waals surface area contributed by atoms with Gasteiger partial charge in [-0.25, -0.2) is 0 Å². The van der Waals surface area contributed by atoms with Crippen molar-refractivity contribution in [2.24, 2.45) is 0 Å². The van der Waals surface area contributed by atoms with Crippen LogP contribution in [0.25, 0.3) is 0 Å². The smallest absolute Gasteiger partial charge is 0.311 e. The predicted molar refractivity (Wildman–Crippen MR) is 68.3 cm³/mol. The van der Waals surface area contributed by atoms with Gasteiger partial charge in [-0.15, -0.1) is 0 Å². The molecule has 100 valence electrons. The first-order valence-corrected chi connectivity index (χ1v) is 5.66. The number of pyridine rings is 1. The largest absolute Gasteiger partial charge is 0.481 e. The number of furan rings is 1. The van der Waals surface area contributed by atoms with Crippen LogP contribution in [0.5, 0.6) is 5.88 Å². The average molecular weight is 263 g/mol. The van der Waals surface area contributed by atoms with Crippen LogP contribution >= 0.6 is 0 Å². The molecule has 0 aliphatic rings. The van der Waals surface area contributed by atoms with Gasteiger partial charge in [-0.3, -0.25) is 10.1 Å². The van der Waals surface area contributed by atoms with E-state index in [2.05, 4.69) is 10.3 Å². The molecule has 2 aromatic heterocycles. The Kier molecular flexibility index (Phi) is 3.97. The van der Waals surface area contributed by atoms with Crippen molar-refractivity contribution in [3.8, 4) is 5.88 Å². The van der Waals surface area contributed by atoms with Crippen molar-refractivity contribution in [2.45, 2.75) is 6.42 Å². The summed E-state index contributed by atoms with van der Waals surface area (Å²) in [5.74, 6) is 1.32. The molecule has 0 unspecified atom stereocenters. The summed E-state index contributed by atoms with van der Waals surface area (Å²) in [5.41, 5.74) is -0.0831. The lowest BCUT2D eigenvalue weighted by Gasteiger charge is -2.06. The van der Waals surface area contributed by atoms with Gasteiger partial charge >= 0.3 is 5.69 Å². The molecule has 7 nitrogen and oxygen atoms in total. The molecule has 2 aromatic rings. The van der Waals surface area contributed by atoms with E-state index >= 15 is 0 Å². The lowest BCUT2D eigenvalue weighted by Crippen LogP contribution is -2.08. The fraction of sp³-hybridized carbons (Fsp3) is 0.250. The van der Waals surface area contributed by atoms with E-state index in [0.29, 0.717) is 18.8 Å². The van der Waals surface area contributed by atoms with Crippen LogP contribution in [0.4, 0.5) is 11.5 Å². The molecule has 2 heterocycles. The van der Waals surface area contributed by atoms with Crippen LogP contribution < -0.4 is 10.1 Å². The molecule has 19 heavy (non-hydrogen) atoms. The summed E-state index contributed by atoms with van der Waals surface area (Å²) in [6.45, 7) is 0.481. The molecule has 0 saturated carbocycles. The van der Waals surface area contributed by atoms with Crippen molar-refractivity contribution in [3.05, 3.63) is 46.4 Å². The Bertz CT molecular complexity index is 554. The number of hydrogen-bond acceptors (Lipinski definition) is 6. The summed E-state index contributed by atoms with van der Waals surface area (Å²) >= 11 is 0. The van der Waals surface area contributed by atoms with Gasteiger partial charge in [0.25, 0.3) is 0 Å². The van der Waals surface area contributed by atoms with Crippen molar-refractivity contribution in [1.29, 1.82) is 0 Å². The van der Waals surface area contributed by atoms with Gasteiger partial charge in [0.05, 0.1) is 18.3 Å². The highest BCUT2D eigenvalue weighted by molar-refractivity contribution is 5.57. The monoisotopic (exact) mass is 263 g/mol. The maximum Gasteiger partial charge on any atom is 0.311 e. The Morgan fingerprint density at radius 1 is 1.47 bits per heavy atom. The fourth-order valence-corrected chi connectivity index (χ4v) is 1.58. The molecule has 0 bridgehead atoms. The highest BCUT2D eigenvalue weighted by atomic mass is 16.6. The summed E-state index contributed by atoms with van der Waals surface area (Å²) in [5, 5.41) is 13.8. The molecular formula is C12H13N3O4. The molecule has 0 fully saturated rings. The Hall–Kier alpha value is -2.57. The van der Waals surface area contributed by atoms with E-state index in [9.17, 15) is 10.1 Å². The normalized spacial score (nSPS) is 10.2. The zero-order valence-electron chi connectivity index (χ0n) is 10.3. The lowest BCUT2D eigenvalue weighted by atomic mass is 10.3. The van der Waals surface area contributed by atoms with Crippen LogP contribution in [-0.4, -0.2) is 23.6 Å². The van der Waals surface area contributed by atoms with Gasteiger partial charge in [-0.05, 0) is 12.1 Å². The van der Waals surface area contributed by atoms with Crippen LogP contribution in [-0.2, 0) is 6.42 Å². The third-order valence-electron chi connectivity index (χ3n) is 2.50. The van der Waals surface area contributed by atoms with E-state index in [4.69, 9.17) is 9.15 Å². The lowest BCUT2D eigenvalue weighted by molar-refractivity contribution is -0.384. The second-order valence-electron chi connectivity index (χ2n) is 3.73. The summed E-state index contributed by atoms with van der Waals surface area (Å²) in [6, 6.07) is 6.45. The van der Waals surface area contributed by atoms with Crippen LogP contribution in [0.2, 0.25) is 0 Å². The van der Waals surface area contributed by atoms with Gasteiger partial charge in [-0.1, -0.05) is 0 Å². The van der Waals surface area contributed by atoms with E-state index in [1.54, 1.807) is 12.3 Å². The number of aromatic nitrogens is 1. The second-order valence-corrected chi connectivity index (χ2v) is 3.73. The molecule has 0 saturated heterocycles. The Morgan fingerprint density at radius 3 is 2.95 bits per heavy atom. The molecule has 0 atom stereocenters. The van der Waals surface area contributed by atoms with E-state index in [0.717, 1.165) is 5.76 Å². The minimum Gasteiger partial charge on any atom is -0.481 e. The third kappa shape index (κ3) is 3.21. The molecule has 1 N–H and O–H groups in total. The molecule has 2 rings (SSSR count). The molecular weight excluding hydrogens is 250 g/mol. The summed E-state index contributed by atoms with van der Waals surface area (Å²) in [4.78, 5) is 14.4. The number of nitrogens with zero attached hydrogens (tertiary/aromatic N) is 2. The molecule has 0 spiro atoms. The maximum absolute atomic E-state index is 10.9. The topological polar surface area (TPSA) is 90.4 Å². The van der Waals surface area contributed by atoms with Gasteiger partial charge < -0.3 is 14.5 Å². The first-order valence-electron chi connectivity index (χ1n) is 5.66. The van der Waals surface area contributed by atoms with Crippen molar-refractivity contribution < 1.29 is 14.1 Å². The van der Waals surface area contributed by atoms with Crippen molar-refractivity contribution in [1.82, 2.24) is 4.98 Å². The van der Waals surface area contributed by atoms with E-state index < -0.39 is 4.92 Å². The van der Waals surface area contributed by atoms with Crippen molar-refractivity contribution in [3.63, 3.8) is 0 Å². The van der Waals surface area contributed by atoms with Crippen LogP contribution in [0.15, 0.2) is 34.9 Å². The van der Waals surface area contributed by atoms with E-state index in [1.807, 2.05) is 6.07 Å². The number of nitro groups is 1. The van der Waals surface area contributed by atoms with E-state index in [-0.39, 0.29) is 11.5 Å². The summed E-state index contributed by atoms with van der Waals surface area (Å²) in [7, 11) is 1.46. The highest BCUT2D eigenvalue weighted by Crippen LogP contribution is 2.24. The Balaban J connectivity index is 2.06. The number of rotatable bonds is 6. The van der Waals surface area contributed by atoms with E-state index in [1.165, 1.54) is 19.2 Å². The quantitative estimate of drug-likeness (QED) is 0.635. The highest BCUT2D eigenvalue weighted by Gasteiger charge is 2.15. The van der Waals surface area contributed by atoms with Gasteiger partial charge in [0.2, 0.25) is 11.7 Å². The Morgan fingerprint density at radius 2 is 2.32 bits per heavy atom. The number of anilines is 1. The molecule has 0 aliphatic carbocycles. The minimum atomic E-state index is -0.484. The van der Waals surface area contributed by atoms with Crippen LogP contribution in [0.1, 0.15) is 5.76 Å². The first-order chi connectivity index (χ1) is 9.20.